The average molecular weight is 437 g/mol. The molecule has 0 spiro atoms. The van der Waals surface area contributed by atoms with Crippen molar-refractivity contribution < 1.29 is 18.9 Å². The lowest BCUT2D eigenvalue weighted by Gasteiger charge is -2.08. The molecule has 10 heteroatoms. The number of carbonyl (C=O) groups excluding carboxylic acids is 1. The summed E-state index contributed by atoms with van der Waals surface area (Å²) >= 11 is 11.7. The molecule has 1 heterocycles. The summed E-state index contributed by atoms with van der Waals surface area (Å²) in [6.45, 7) is 2.48. The summed E-state index contributed by atoms with van der Waals surface area (Å²) in [4.78, 5) is 35.3. The molecular formula is C19H14Cl2N2O6. The lowest BCUT2D eigenvalue weighted by atomic mass is 10.1. The predicted octanol–water partition coefficient (Wildman–Crippen LogP) is 5.05. The lowest BCUT2D eigenvalue weighted by molar-refractivity contribution is -0.383. The van der Waals surface area contributed by atoms with Crippen LogP contribution in [0.25, 0.3) is 11.0 Å². The second kappa shape index (κ2) is 8.50. The normalized spacial score (nSPS) is 10.7. The number of halogens is 2. The maximum Gasteiger partial charge on any atom is 0.349 e. The maximum atomic E-state index is 12.6. The number of benzene rings is 2. The van der Waals surface area contributed by atoms with Crippen LogP contribution in [-0.2, 0) is 0 Å². The van der Waals surface area contributed by atoms with Gasteiger partial charge in [-0.3, -0.25) is 14.9 Å². The van der Waals surface area contributed by atoms with E-state index in [2.05, 4.69) is 5.32 Å². The quantitative estimate of drug-likeness (QED) is 0.328. The van der Waals surface area contributed by atoms with Crippen LogP contribution in [0.15, 0.2) is 45.6 Å². The van der Waals surface area contributed by atoms with Crippen molar-refractivity contribution in [1.82, 2.24) is 0 Å². The third kappa shape index (κ3) is 4.49. The van der Waals surface area contributed by atoms with E-state index in [0.29, 0.717) is 17.7 Å². The molecule has 0 radical (unpaired) electrons. The molecule has 8 nitrogen and oxygen atoms in total. The van der Waals surface area contributed by atoms with Crippen LogP contribution in [0.2, 0.25) is 10.0 Å². The number of ether oxygens (including phenoxy) is 1. The van der Waals surface area contributed by atoms with Crippen molar-refractivity contribution in [3.63, 3.8) is 0 Å². The molecule has 1 aromatic heterocycles. The Hall–Kier alpha value is -3.10. The van der Waals surface area contributed by atoms with Gasteiger partial charge in [0.1, 0.15) is 22.6 Å². The van der Waals surface area contributed by atoms with E-state index in [1.54, 1.807) is 18.2 Å². The van der Waals surface area contributed by atoms with Gasteiger partial charge in [-0.1, -0.05) is 30.1 Å². The number of hydrogen-bond acceptors (Lipinski definition) is 6. The summed E-state index contributed by atoms with van der Waals surface area (Å²) in [5, 5.41) is 14.0. The topological polar surface area (TPSA) is 112 Å². The monoisotopic (exact) mass is 436 g/mol. The van der Waals surface area contributed by atoms with E-state index in [4.69, 9.17) is 32.4 Å². The summed E-state index contributed by atoms with van der Waals surface area (Å²) in [7, 11) is 0. The van der Waals surface area contributed by atoms with Gasteiger partial charge >= 0.3 is 5.63 Å². The third-order valence-electron chi connectivity index (χ3n) is 3.91. The molecule has 0 aliphatic heterocycles. The van der Waals surface area contributed by atoms with E-state index < -0.39 is 22.1 Å². The number of nitrogens with zero attached hydrogens (tertiary/aromatic N) is 1. The highest BCUT2D eigenvalue weighted by Gasteiger charge is 2.21. The number of amides is 1. The van der Waals surface area contributed by atoms with Crippen LogP contribution in [0.1, 0.15) is 23.7 Å². The molecule has 0 bridgehead atoms. The molecule has 3 aromatic rings. The van der Waals surface area contributed by atoms with Gasteiger partial charge in [0.25, 0.3) is 11.6 Å². The van der Waals surface area contributed by atoms with E-state index in [9.17, 15) is 19.7 Å². The fraction of sp³-hybridized carbons (Fsp3) is 0.158. The van der Waals surface area contributed by atoms with E-state index in [-0.39, 0.29) is 26.9 Å². The number of anilines is 1. The summed E-state index contributed by atoms with van der Waals surface area (Å²) in [6, 6.07) is 8.37. The Morgan fingerprint density at radius 2 is 1.93 bits per heavy atom. The molecule has 0 saturated heterocycles. The highest BCUT2D eigenvalue weighted by atomic mass is 35.5. The van der Waals surface area contributed by atoms with Crippen molar-refractivity contribution in [2.75, 3.05) is 11.9 Å². The van der Waals surface area contributed by atoms with Crippen LogP contribution in [0.4, 0.5) is 11.4 Å². The number of carbonyl (C=O) groups is 1. The van der Waals surface area contributed by atoms with Gasteiger partial charge in [-0.15, -0.1) is 0 Å². The minimum absolute atomic E-state index is 0.0118. The number of nitro groups is 1. The fourth-order valence-corrected chi connectivity index (χ4v) is 2.86. The lowest BCUT2D eigenvalue weighted by Crippen LogP contribution is -2.21. The molecular weight excluding hydrogens is 423 g/mol. The van der Waals surface area contributed by atoms with Crippen molar-refractivity contribution in [3.8, 4) is 5.75 Å². The summed E-state index contributed by atoms with van der Waals surface area (Å²) < 4.78 is 10.7. The second-order valence-electron chi connectivity index (χ2n) is 5.99. The van der Waals surface area contributed by atoms with Crippen LogP contribution in [0.5, 0.6) is 5.75 Å². The first-order chi connectivity index (χ1) is 13.8. The number of fused-ring (bicyclic) bond motifs is 1. The van der Waals surface area contributed by atoms with Gasteiger partial charge in [-0.25, -0.2) is 4.79 Å². The molecule has 0 unspecified atom stereocenters. The standard InChI is InChI=1S/C19H14Cl2N2O6/c1-2-5-28-11-4-3-10-6-12(19(25)29-17(10)7-11)18(24)22-15-8-13(20)14(21)9-16(15)23(26)27/h3-4,6-9H,2,5H2,1H3,(H,22,24). The molecule has 0 fully saturated rings. The molecule has 0 atom stereocenters. The van der Waals surface area contributed by atoms with Gasteiger partial charge in [0.15, 0.2) is 0 Å². The Bertz CT molecular complexity index is 1180. The van der Waals surface area contributed by atoms with Gasteiger partial charge in [-0.05, 0) is 30.7 Å². The first kappa shape index (κ1) is 20.6. The number of nitro benzene ring substituents is 1. The molecule has 150 valence electrons. The minimum atomic E-state index is -0.898. The van der Waals surface area contributed by atoms with E-state index in [1.165, 1.54) is 6.07 Å². The molecule has 1 amide bonds. The van der Waals surface area contributed by atoms with Gasteiger partial charge in [0, 0.05) is 17.5 Å². The summed E-state index contributed by atoms with van der Waals surface area (Å²) in [6.07, 6.45) is 0.821. The summed E-state index contributed by atoms with van der Waals surface area (Å²) in [5.74, 6) is -0.348. The number of hydrogen-bond donors (Lipinski definition) is 1. The fourth-order valence-electron chi connectivity index (χ4n) is 2.54. The van der Waals surface area contributed by atoms with Crippen molar-refractivity contribution in [1.29, 1.82) is 0 Å². The van der Waals surface area contributed by atoms with Crippen molar-refractivity contribution in [2.24, 2.45) is 0 Å². The molecule has 1 N–H and O–H groups in total. The third-order valence-corrected chi connectivity index (χ3v) is 4.63. The molecule has 3 rings (SSSR count). The average Bonchev–Trinajstić information content (AvgIpc) is 2.67. The zero-order chi connectivity index (χ0) is 21.1. The Balaban J connectivity index is 1.96. The largest absolute Gasteiger partial charge is 0.493 e. The van der Waals surface area contributed by atoms with Crippen LogP contribution < -0.4 is 15.7 Å². The van der Waals surface area contributed by atoms with Crippen LogP contribution in [0.3, 0.4) is 0 Å². The Morgan fingerprint density at radius 3 is 2.62 bits per heavy atom. The number of nitrogens with one attached hydrogen (secondary N) is 1. The first-order valence-corrected chi connectivity index (χ1v) is 9.21. The maximum absolute atomic E-state index is 12.6. The highest BCUT2D eigenvalue weighted by Crippen LogP contribution is 2.34. The van der Waals surface area contributed by atoms with Crippen molar-refractivity contribution >= 4 is 51.5 Å². The molecule has 2 aromatic carbocycles. The van der Waals surface area contributed by atoms with Gasteiger partial charge in [-0.2, -0.15) is 0 Å². The number of rotatable bonds is 6. The van der Waals surface area contributed by atoms with E-state index in [0.717, 1.165) is 18.6 Å². The van der Waals surface area contributed by atoms with Crippen LogP contribution >= 0.6 is 23.2 Å². The Labute approximate surface area is 174 Å². The molecule has 0 aliphatic rings. The molecule has 0 saturated carbocycles. The SMILES string of the molecule is CCCOc1ccc2cc(C(=O)Nc3cc(Cl)c(Cl)cc3[N+](=O)[O-])c(=O)oc2c1. The van der Waals surface area contributed by atoms with Crippen LogP contribution in [0, 0.1) is 10.1 Å². The summed E-state index contributed by atoms with van der Waals surface area (Å²) in [5.41, 5.74) is -1.63. The Kier molecular flexibility index (Phi) is 6.05. The van der Waals surface area contributed by atoms with E-state index >= 15 is 0 Å². The zero-order valence-electron chi connectivity index (χ0n) is 15.0. The molecule has 0 aliphatic carbocycles. The predicted molar refractivity (Wildman–Crippen MR) is 109 cm³/mol. The first-order valence-electron chi connectivity index (χ1n) is 8.45. The van der Waals surface area contributed by atoms with Gasteiger partial charge in [0.05, 0.1) is 21.6 Å². The Morgan fingerprint density at radius 1 is 1.21 bits per heavy atom. The van der Waals surface area contributed by atoms with Gasteiger partial charge < -0.3 is 14.5 Å². The minimum Gasteiger partial charge on any atom is -0.493 e. The smallest absolute Gasteiger partial charge is 0.349 e. The molecule has 29 heavy (non-hydrogen) atoms. The highest BCUT2D eigenvalue weighted by molar-refractivity contribution is 6.42. The second-order valence-corrected chi connectivity index (χ2v) is 6.80. The van der Waals surface area contributed by atoms with Crippen molar-refractivity contribution in [3.05, 3.63) is 72.5 Å². The van der Waals surface area contributed by atoms with Gasteiger partial charge in [0.2, 0.25) is 0 Å². The van der Waals surface area contributed by atoms with Crippen LogP contribution in [-0.4, -0.2) is 17.4 Å². The van der Waals surface area contributed by atoms with E-state index in [1.807, 2.05) is 6.92 Å². The zero-order valence-corrected chi connectivity index (χ0v) is 16.5. The van der Waals surface area contributed by atoms with Crippen molar-refractivity contribution in [2.45, 2.75) is 13.3 Å².